The predicted octanol–water partition coefficient (Wildman–Crippen LogP) is 0.752. The van der Waals surface area contributed by atoms with Crippen molar-refractivity contribution in [2.45, 2.75) is 18.4 Å². The molecule has 30 heavy (non-hydrogen) atoms. The van der Waals surface area contributed by atoms with Crippen molar-refractivity contribution in [3.05, 3.63) is 48.0 Å². The molecule has 162 valence electrons. The smallest absolute Gasteiger partial charge is 0.243 e. The van der Waals surface area contributed by atoms with Crippen molar-refractivity contribution >= 4 is 21.6 Å². The van der Waals surface area contributed by atoms with Gasteiger partial charge in [0.15, 0.2) is 11.5 Å². The first-order valence-electron chi connectivity index (χ1n) is 9.76. The molecular weight excluding hydrogens is 406 g/mol. The Hall–Kier alpha value is -2.62. The van der Waals surface area contributed by atoms with Crippen molar-refractivity contribution in [1.82, 2.24) is 4.31 Å². The van der Waals surface area contributed by atoms with E-state index < -0.39 is 10.0 Å². The number of benzene rings is 2. The molecule has 2 aromatic carbocycles. The van der Waals surface area contributed by atoms with Crippen molar-refractivity contribution in [3.8, 4) is 11.5 Å². The molecule has 8 nitrogen and oxygen atoms in total. The van der Waals surface area contributed by atoms with Crippen molar-refractivity contribution < 1.29 is 27.6 Å². The molecule has 1 aliphatic heterocycles. The number of amides is 1. The molecule has 1 heterocycles. The van der Waals surface area contributed by atoms with Crippen LogP contribution in [0.15, 0.2) is 47.4 Å². The van der Waals surface area contributed by atoms with Crippen molar-refractivity contribution in [2.75, 3.05) is 45.7 Å². The van der Waals surface area contributed by atoms with E-state index in [9.17, 15) is 13.2 Å². The molecule has 9 heteroatoms. The zero-order valence-corrected chi connectivity index (χ0v) is 18.3. The van der Waals surface area contributed by atoms with E-state index in [1.54, 1.807) is 26.4 Å². The number of ether oxygens (including phenoxy) is 2. The summed E-state index contributed by atoms with van der Waals surface area (Å²) >= 11 is 0. The Balaban J connectivity index is 1.64. The van der Waals surface area contributed by atoms with Gasteiger partial charge in [-0.2, -0.15) is 4.31 Å². The first-order valence-corrected chi connectivity index (χ1v) is 11.2. The molecule has 0 saturated carbocycles. The minimum Gasteiger partial charge on any atom is -0.493 e. The number of anilines is 1. The fourth-order valence-electron chi connectivity index (χ4n) is 3.64. The van der Waals surface area contributed by atoms with E-state index in [2.05, 4.69) is 5.32 Å². The van der Waals surface area contributed by atoms with Crippen LogP contribution in [-0.2, 0) is 21.4 Å². The van der Waals surface area contributed by atoms with Gasteiger partial charge in [0.2, 0.25) is 15.9 Å². The van der Waals surface area contributed by atoms with Gasteiger partial charge in [-0.15, -0.1) is 0 Å². The Morgan fingerprint density at radius 2 is 1.73 bits per heavy atom. The topological polar surface area (TPSA) is 89.4 Å². The van der Waals surface area contributed by atoms with E-state index in [1.807, 2.05) is 18.2 Å². The van der Waals surface area contributed by atoms with Crippen molar-refractivity contribution in [3.63, 3.8) is 0 Å². The number of hydrogen-bond acceptors (Lipinski definition) is 5. The van der Waals surface area contributed by atoms with Crippen LogP contribution in [0, 0.1) is 0 Å². The summed E-state index contributed by atoms with van der Waals surface area (Å²) < 4.78 is 38.3. The van der Waals surface area contributed by atoms with Gasteiger partial charge in [0.25, 0.3) is 0 Å². The Morgan fingerprint density at radius 1 is 1.07 bits per heavy atom. The lowest BCUT2D eigenvalue weighted by Crippen LogP contribution is -3.13. The minimum atomic E-state index is -3.56. The third-order valence-electron chi connectivity index (χ3n) is 5.17. The molecule has 1 amide bonds. The van der Waals surface area contributed by atoms with E-state index in [0.717, 1.165) is 17.9 Å². The van der Waals surface area contributed by atoms with Crippen LogP contribution in [0.5, 0.6) is 11.5 Å². The quantitative estimate of drug-likeness (QED) is 0.671. The van der Waals surface area contributed by atoms with E-state index in [0.29, 0.717) is 37.6 Å². The lowest BCUT2D eigenvalue weighted by atomic mass is 10.1. The largest absolute Gasteiger partial charge is 0.493 e. The average Bonchev–Trinajstić information content (AvgIpc) is 2.74. The number of nitrogens with one attached hydrogen (secondary N) is 2. The second-order valence-corrected chi connectivity index (χ2v) is 9.13. The van der Waals surface area contributed by atoms with Gasteiger partial charge in [0, 0.05) is 12.6 Å². The van der Waals surface area contributed by atoms with E-state index in [-0.39, 0.29) is 10.8 Å². The summed E-state index contributed by atoms with van der Waals surface area (Å²) in [5, 5.41) is 2.64. The molecule has 0 radical (unpaired) electrons. The summed E-state index contributed by atoms with van der Waals surface area (Å²) in [5.41, 5.74) is 1.61. The maximum Gasteiger partial charge on any atom is 0.243 e. The number of methoxy groups -OCH3 is 2. The Morgan fingerprint density at radius 3 is 2.30 bits per heavy atom. The Kier molecular flexibility index (Phi) is 6.96. The number of sulfonamides is 1. The second kappa shape index (κ2) is 9.46. The monoisotopic (exact) mass is 434 g/mol. The lowest BCUT2D eigenvalue weighted by molar-refractivity contribution is -0.917. The van der Waals surface area contributed by atoms with Crippen LogP contribution in [0.3, 0.4) is 0 Å². The maximum absolute atomic E-state index is 13.0. The number of piperazine rings is 1. The number of carbonyl (C=O) groups excluding carboxylic acids is 1. The molecule has 0 bridgehead atoms. The summed E-state index contributed by atoms with van der Waals surface area (Å²) in [6, 6.07) is 12.1. The fourth-order valence-corrected chi connectivity index (χ4v) is 5.09. The van der Waals surface area contributed by atoms with Crippen LogP contribution >= 0.6 is 0 Å². The van der Waals surface area contributed by atoms with Gasteiger partial charge >= 0.3 is 0 Å². The van der Waals surface area contributed by atoms with Crippen LogP contribution in [-0.4, -0.2) is 59.0 Å². The van der Waals surface area contributed by atoms with Gasteiger partial charge in [-0.1, -0.05) is 6.07 Å². The minimum absolute atomic E-state index is 0.197. The molecule has 0 spiro atoms. The summed E-state index contributed by atoms with van der Waals surface area (Å²) in [4.78, 5) is 12.6. The lowest BCUT2D eigenvalue weighted by Gasteiger charge is -2.31. The van der Waals surface area contributed by atoms with Crippen LogP contribution in [0.1, 0.15) is 12.5 Å². The number of hydrogen-bond donors (Lipinski definition) is 2. The summed E-state index contributed by atoms with van der Waals surface area (Å²) in [6.07, 6.45) is 0. The van der Waals surface area contributed by atoms with Crippen LogP contribution in [0.4, 0.5) is 5.69 Å². The van der Waals surface area contributed by atoms with Gasteiger partial charge in [0.05, 0.1) is 50.9 Å². The highest BCUT2D eigenvalue weighted by Gasteiger charge is 2.31. The van der Waals surface area contributed by atoms with Gasteiger partial charge in [0.1, 0.15) is 6.54 Å². The van der Waals surface area contributed by atoms with Gasteiger partial charge in [-0.05, 0) is 36.4 Å². The number of para-hydroxylation sites is 1. The molecule has 1 fully saturated rings. The zero-order valence-electron chi connectivity index (χ0n) is 17.5. The molecule has 3 rings (SSSR count). The highest BCUT2D eigenvalue weighted by molar-refractivity contribution is 7.89. The van der Waals surface area contributed by atoms with E-state index >= 15 is 0 Å². The summed E-state index contributed by atoms with van der Waals surface area (Å²) in [6.45, 7) is 4.43. The van der Waals surface area contributed by atoms with Gasteiger partial charge in [-0.25, -0.2) is 8.42 Å². The molecule has 1 aliphatic rings. The van der Waals surface area contributed by atoms with E-state index in [4.69, 9.17) is 9.47 Å². The molecule has 1 saturated heterocycles. The highest BCUT2D eigenvalue weighted by atomic mass is 32.2. The summed E-state index contributed by atoms with van der Waals surface area (Å²) in [5.74, 6) is 1.22. The number of carbonyl (C=O) groups is 1. The molecular formula is C21H28N3O5S+. The second-order valence-electron chi connectivity index (χ2n) is 7.19. The summed E-state index contributed by atoms with van der Waals surface area (Å²) in [7, 11) is -0.329. The predicted molar refractivity (Wildman–Crippen MR) is 113 cm³/mol. The fraction of sp³-hybridized carbons (Fsp3) is 0.381. The highest BCUT2D eigenvalue weighted by Crippen LogP contribution is 2.30. The first-order chi connectivity index (χ1) is 14.3. The average molecular weight is 435 g/mol. The van der Waals surface area contributed by atoms with E-state index in [1.165, 1.54) is 28.3 Å². The Labute approximate surface area is 177 Å². The number of rotatable bonds is 7. The standard InChI is InChI=1S/C21H27N3O5S/c1-16(25)22-18-7-9-19(10-8-18)30(26,27)24-13-11-23(12-14-24)15-17-5-4-6-20(28-2)21(17)29-3/h4-10H,11-15H2,1-3H3,(H,22,25)/p+1. The van der Waals surface area contributed by atoms with Crippen molar-refractivity contribution in [2.24, 2.45) is 0 Å². The number of quaternary nitrogens is 1. The van der Waals surface area contributed by atoms with Crippen molar-refractivity contribution in [1.29, 1.82) is 0 Å². The third kappa shape index (κ3) is 4.92. The zero-order chi connectivity index (χ0) is 21.7. The van der Waals surface area contributed by atoms with Crippen LogP contribution in [0.25, 0.3) is 0 Å². The van der Waals surface area contributed by atoms with Crippen LogP contribution in [0.2, 0.25) is 0 Å². The third-order valence-corrected chi connectivity index (χ3v) is 7.08. The maximum atomic E-state index is 13.0. The molecule has 0 unspecified atom stereocenters. The van der Waals surface area contributed by atoms with Crippen LogP contribution < -0.4 is 19.7 Å². The normalized spacial score (nSPS) is 15.6. The molecule has 0 atom stereocenters. The first kappa shape index (κ1) is 22.1. The molecule has 2 aromatic rings. The molecule has 0 aromatic heterocycles. The SMILES string of the molecule is COc1cccc(C[NH+]2CCN(S(=O)(=O)c3ccc(NC(C)=O)cc3)CC2)c1OC. The molecule has 0 aliphatic carbocycles. The molecule has 2 N–H and O–H groups in total. The van der Waals surface area contributed by atoms with Gasteiger partial charge in [-0.3, -0.25) is 4.79 Å². The number of nitrogens with zero attached hydrogens (tertiary/aromatic N) is 1. The Bertz CT molecular complexity index is 984. The van der Waals surface area contributed by atoms with Gasteiger partial charge < -0.3 is 19.7 Å².